The summed E-state index contributed by atoms with van der Waals surface area (Å²) in [6.45, 7) is 19.9. The molecule has 0 bridgehead atoms. The van der Waals surface area contributed by atoms with E-state index in [9.17, 15) is 0 Å². The first-order chi connectivity index (χ1) is 6.01. The maximum Gasteiger partial charge on any atom is 0.0445 e. The molecule has 0 radical (unpaired) electrons. The van der Waals surface area contributed by atoms with Crippen LogP contribution in [0.15, 0.2) is 0 Å². The smallest absolute Gasteiger partial charge is 0.0445 e. The molecular weight excluding hydrogens is 200 g/mol. The zero-order valence-electron chi connectivity index (χ0n) is 11.6. The second-order valence-corrected chi connectivity index (χ2v) is 18.5. The van der Waals surface area contributed by atoms with Crippen LogP contribution in [0.1, 0.15) is 13.8 Å². The third kappa shape index (κ3) is 7.80. The van der Waals surface area contributed by atoms with Gasteiger partial charge < -0.3 is 0 Å². The maximum atomic E-state index is 2.49. The van der Waals surface area contributed by atoms with Crippen molar-refractivity contribution in [1.82, 2.24) is 0 Å². The highest BCUT2D eigenvalue weighted by Gasteiger charge is 2.25. The Morgan fingerprint density at radius 3 is 1.00 bits per heavy atom. The first-order valence-electron chi connectivity index (χ1n) is 6.01. The third-order valence-corrected chi connectivity index (χ3v) is 6.58. The SMILES string of the molecule is CC(C[Si](C)(C)C)C(C)C[Si](C)(C)C. The summed E-state index contributed by atoms with van der Waals surface area (Å²) in [5, 5.41) is 0. The molecule has 0 aromatic heterocycles. The lowest BCUT2D eigenvalue weighted by Gasteiger charge is -2.30. The van der Waals surface area contributed by atoms with Gasteiger partial charge in [-0.3, -0.25) is 0 Å². The predicted molar refractivity (Wildman–Crippen MR) is 74.6 cm³/mol. The van der Waals surface area contributed by atoms with E-state index >= 15 is 0 Å². The first kappa shape index (κ1) is 14.4. The van der Waals surface area contributed by atoms with Crippen molar-refractivity contribution < 1.29 is 0 Å². The summed E-state index contributed by atoms with van der Waals surface area (Å²) in [6.07, 6.45) is 0. The molecule has 0 saturated heterocycles. The van der Waals surface area contributed by atoms with E-state index in [1.807, 2.05) is 0 Å². The van der Waals surface area contributed by atoms with Crippen LogP contribution in [-0.2, 0) is 0 Å². The molecule has 0 fully saturated rings. The predicted octanol–water partition coefficient (Wildman–Crippen LogP) is 4.94. The van der Waals surface area contributed by atoms with E-state index in [0.29, 0.717) is 0 Å². The summed E-state index contributed by atoms with van der Waals surface area (Å²) in [7, 11) is -1.69. The number of hydrogen-bond acceptors (Lipinski definition) is 0. The summed E-state index contributed by atoms with van der Waals surface area (Å²) < 4.78 is 0. The molecule has 0 heterocycles. The van der Waals surface area contributed by atoms with Gasteiger partial charge in [-0.05, 0) is 11.8 Å². The highest BCUT2D eigenvalue weighted by Crippen LogP contribution is 2.29. The molecular formula is C12H30Si2. The summed E-state index contributed by atoms with van der Waals surface area (Å²) in [5.41, 5.74) is 0. The molecule has 2 heteroatoms. The highest BCUT2D eigenvalue weighted by atomic mass is 28.3. The maximum absolute atomic E-state index is 2.49. The van der Waals surface area contributed by atoms with Crippen LogP contribution in [0.2, 0.25) is 51.4 Å². The Balaban J connectivity index is 4.07. The molecule has 0 aliphatic rings. The fraction of sp³-hybridized carbons (Fsp3) is 1.00. The molecule has 0 aliphatic carbocycles. The zero-order valence-corrected chi connectivity index (χ0v) is 13.6. The van der Waals surface area contributed by atoms with Crippen molar-refractivity contribution in [2.45, 2.75) is 65.2 Å². The summed E-state index contributed by atoms with van der Waals surface area (Å²) >= 11 is 0. The van der Waals surface area contributed by atoms with Crippen molar-refractivity contribution in [1.29, 1.82) is 0 Å². The molecule has 0 spiro atoms. The van der Waals surface area contributed by atoms with Gasteiger partial charge in [0.2, 0.25) is 0 Å². The van der Waals surface area contributed by atoms with Crippen molar-refractivity contribution in [3.8, 4) is 0 Å². The highest BCUT2D eigenvalue weighted by molar-refractivity contribution is 6.76. The second-order valence-electron chi connectivity index (χ2n) is 7.48. The Labute approximate surface area is 93.5 Å². The Kier molecular flexibility index (Phi) is 5.13. The fourth-order valence-electron chi connectivity index (χ4n) is 2.33. The van der Waals surface area contributed by atoms with E-state index in [1.54, 1.807) is 0 Å². The van der Waals surface area contributed by atoms with Gasteiger partial charge in [0.25, 0.3) is 0 Å². The lowest BCUT2D eigenvalue weighted by molar-refractivity contribution is 0.447. The average molecular weight is 231 g/mol. The first-order valence-corrected chi connectivity index (χ1v) is 13.4. The third-order valence-electron chi connectivity index (χ3n) is 2.84. The minimum atomic E-state index is -0.843. The Morgan fingerprint density at radius 1 is 0.643 bits per heavy atom. The van der Waals surface area contributed by atoms with Gasteiger partial charge in [0, 0.05) is 16.1 Å². The number of rotatable bonds is 5. The molecule has 0 aromatic carbocycles. The molecule has 0 rings (SSSR count). The van der Waals surface area contributed by atoms with E-state index in [1.165, 1.54) is 12.1 Å². The normalized spacial score (nSPS) is 18.0. The summed E-state index contributed by atoms with van der Waals surface area (Å²) in [5.74, 6) is 1.88. The van der Waals surface area contributed by atoms with Crippen molar-refractivity contribution in [3.63, 3.8) is 0 Å². The van der Waals surface area contributed by atoms with E-state index in [4.69, 9.17) is 0 Å². The minimum Gasteiger partial charge on any atom is -0.0695 e. The molecule has 14 heavy (non-hydrogen) atoms. The molecule has 0 amide bonds. The monoisotopic (exact) mass is 230 g/mol. The van der Waals surface area contributed by atoms with Gasteiger partial charge in [-0.25, -0.2) is 0 Å². The van der Waals surface area contributed by atoms with E-state index in [2.05, 4.69) is 53.1 Å². The Morgan fingerprint density at radius 2 is 0.857 bits per heavy atom. The zero-order chi connectivity index (χ0) is 11.6. The summed E-state index contributed by atoms with van der Waals surface area (Å²) in [4.78, 5) is 0. The molecule has 0 aliphatic heterocycles. The van der Waals surface area contributed by atoms with Crippen LogP contribution >= 0.6 is 0 Å². The standard InChI is InChI=1S/C12H30Si2/c1-11(9-13(3,4)5)12(2)10-14(6,7)8/h11-12H,9-10H2,1-8H3. The van der Waals surface area contributed by atoms with Crippen molar-refractivity contribution in [3.05, 3.63) is 0 Å². The topological polar surface area (TPSA) is 0 Å². The molecule has 0 aromatic rings. The van der Waals surface area contributed by atoms with Crippen LogP contribution in [0.5, 0.6) is 0 Å². The van der Waals surface area contributed by atoms with Gasteiger partial charge in [0.1, 0.15) is 0 Å². The Bertz CT molecular complexity index is 142. The van der Waals surface area contributed by atoms with E-state index in [0.717, 1.165) is 11.8 Å². The van der Waals surface area contributed by atoms with Crippen LogP contribution in [0.3, 0.4) is 0 Å². The van der Waals surface area contributed by atoms with Crippen LogP contribution < -0.4 is 0 Å². The Hall–Kier alpha value is 0.434. The molecule has 0 saturated carbocycles. The van der Waals surface area contributed by atoms with Gasteiger partial charge in [0.05, 0.1) is 0 Å². The van der Waals surface area contributed by atoms with Gasteiger partial charge in [-0.15, -0.1) is 0 Å². The fourth-order valence-corrected chi connectivity index (χ4v) is 7.00. The van der Waals surface area contributed by atoms with Crippen molar-refractivity contribution in [2.75, 3.05) is 0 Å². The van der Waals surface area contributed by atoms with Crippen LogP contribution in [-0.4, -0.2) is 16.1 Å². The summed E-state index contributed by atoms with van der Waals surface area (Å²) in [6, 6.07) is 3.00. The van der Waals surface area contributed by atoms with Crippen molar-refractivity contribution in [2.24, 2.45) is 11.8 Å². The van der Waals surface area contributed by atoms with Crippen LogP contribution in [0, 0.1) is 11.8 Å². The van der Waals surface area contributed by atoms with E-state index < -0.39 is 16.1 Å². The molecule has 2 atom stereocenters. The lowest BCUT2D eigenvalue weighted by Crippen LogP contribution is -2.30. The van der Waals surface area contributed by atoms with Crippen LogP contribution in [0.4, 0.5) is 0 Å². The molecule has 2 unspecified atom stereocenters. The minimum absolute atomic E-state index is 0.843. The lowest BCUT2D eigenvalue weighted by atomic mass is 10.0. The second kappa shape index (κ2) is 4.97. The van der Waals surface area contributed by atoms with Gasteiger partial charge in [0.15, 0.2) is 0 Å². The molecule has 86 valence electrons. The molecule has 0 N–H and O–H groups in total. The van der Waals surface area contributed by atoms with E-state index in [-0.39, 0.29) is 0 Å². The van der Waals surface area contributed by atoms with Crippen LogP contribution in [0.25, 0.3) is 0 Å². The van der Waals surface area contributed by atoms with Gasteiger partial charge in [-0.1, -0.05) is 65.2 Å². The van der Waals surface area contributed by atoms with Gasteiger partial charge in [-0.2, -0.15) is 0 Å². The quantitative estimate of drug-likeness (QED) is 0.587. The van der Waals surface area contributed by atoms with Gasteiger partial charge >= 0.3 is 0 Å². The largest absolute Gasteiger partial charge is 0.0695 e. The number of hydrogen-bond donors (Lipinski definition) is 0. The van der Waals surface area contributed by atoms with Crippen molar-refractivity contribution >= 4 is 16.1 Å². The molecule has 0 nitrogen and oxygen atoms in total. The average Bonchev–Trinajstić information content (AvgIpc) is 1.78.